The van der Waals surface area contributed by atoms with Crippen LogP contribution in [0, 0.1) is 11.8 Å². The van der Waals surface area contributed by atoms with Crippen molar-refractivity contribution in [3.8, 4) is 0 Å². The van der Waals surface area contributed by atoms with Crippen molar-refractivity contribution in [2.45, 2.75) is 39.7 Å². The van der Waals surface area contributed by atoms with E-state index in [9.17, 15) is 9.59 Å². The molecule has 1 aromatic carbocycles. The molecule has 1 saturated heterocycles. The molecule has 0 aliphatic carbocycles. The van der Waals surface area contributed by atoms with Crippen LogP contribution in [0.2, 0.25) is 0 Å². The lowest BCUT2D eigenvalue weighted by atomic mass is 9.91. The second-order valence-electron chi connectivity index (χ2n) is 7.28. The molecule has 142 valence electrons. The SMILES string of the molecule is C=CCCOC(C)C(=O)Nc1ccccc1C(=O)N1CC(C)CC(C)C1. The van der Waals surface area contributed by atoms with Crippen molar-refractivity contribution >= 4 is 17.5 Å². The van der Waals surface area contributed by atoms with Gasteiger partial charge in [0.05, 0.1) is 17.9 Å². The quantitative estimate of drug-likeness (QED) is 0.597. The largest absolute Gasteiger partial charge is 0.368 e. The van der Waals surface area contributed by atoms with E-state index in [4.69, 9.17) is 4.74 Å². The van der Waals surface area contributed by atoms with Crippen LogP contribution >= 0.6 is 0 Å². The van der Waals surface area contributed by atoms with Gasteiger partial charge >= 0.3 is 0 Å². The number of nitrogens with one attached hydrogen (secondary N) is 1. The lowest BCUT2D eigenvalue weighted by molar-refractivity contribution is -0.126. The van der Waals surface area contributed by atoms with Crippen molar-refractivity contribution in [1.82, 2.24) is 4.90 Å². The number of carbonyl (C=O) groups excluding carboxylic acids is 2. The van der Waals surface area contributed by atoms with Crippen LogP contribution in [-0.2, 0) is 9.53 Å². The summed E-state index contributed by atoms with van der Waals surface area (Å²) < 4.78 is 5.48. The first kappa shape index (κ1) is 20.2. The molecule has 0 bridgehead atoms. The molecule has 5 heteroatoms. The van der Waals surface area contributed by atoms with Crippen molar-refractivity contribution in [3.05, 3.63) is 42.5 Å². The molecule has 1 fully saturated rings. The molecule has 1 aliphatic rings. The number of hydrogen-bond donors (Lipinski definition) is 1. The molecule has 0 spiro atoms. The molecule has 1 N–H and O–H groups in total. The summed E-state index contributed by atoms with van der Waals surface area (Å²) in [7, 11) is 0. The number of anilines is 1. The Morgan fingerprint density at radius 2 is 1.96 bits per heavy atom. The number of rotatable bonds is 7. The molecule has 3 atom stereocenters. The zero-order valence-electron chi connectivity index (χ0n) is 16.0. The predicted molar refractivity (Wildman–Crippen MR) is 104 cm³/mol. The van der Waals surface area contributed by atoms with Gasteiger partial charge in [0.2, 0.25) is 0 Å². The van der Waals surface area contributed by atoms with Crippen molar-refractivity contribution in [2.24, 2.45) is 11.8 Å². The molecule has 3 unspecified atom stereocenters. The molecule has 0 aromatic heterocycles. The van der Waals surface area contributed by atoms with E-state index in [1.165, 1.54) is 0 Å². The van der Waals surface area contributed by atoms with Crippen LogP contribution in [0.4, 0.5) is 5.69 Å². The summed E-state index contributed by atoms with van der Waals surface area (Å²) in [5.74, 6) is 0.694. The molecule has 2 amide bonds. The number of para-hydroxylation sites is 1. The summed E-state index contributed by atoms with van der Waals surface area (Å²) in [6, 6.07) is 7.17. The zero-order valence-corrected chi connectivity index (χ0v) is 16.0. The lowest BCUT2D eigenvalue weighted by Gasteiger charge is -2.35. The minimum Gasteiger partial charge on any atom is -0.368 e. The Bertz CT molecular complexity index is 634. The van der Waals surface area contributed by atoms with Crippen molar-refractivity contribution in [3.63, 3.8) is 0 Å². The molecular weight excluding hydrogens is 328 g/mol. The Hall–Kier alpha value is -2.14. The molecular formula is C21H30N2O3. The Balaban J connectivity index is 2.08. The topological polar surface area (TPSA) is 58.6 Å². The smallest absolute Gasteiger partial charge is 0.255 e. The number of hydrogen-bond acceptors (Lipinski definition) is 3. The van der Waals surface area contributed by atoms with E-state index in [1.807, 2.05) is 17.0 Å². The highest BCUT2D eigenvalue weighted by atomic mass is 16.5. The van der Waals surface area contributed by atoms with Crippen molar-refractivity contribution in [2.75, 3.05) is 25.0 Å². The van der Waals surface area contributed by atoms with Gasteiger partial charge in [-0.1, -0.05) is 32.1 Å². The van der Waals surface area contributed by atoms with E-state index in [0.29, 0.717) is 36.1 Å². The number of nitrogens with zero attached hydrogens (tertiary/aromatic N) is 1. The number of ether oxygens (including phenoxy) is 1. The third kappa shape index (κ3) is 5.43. The molecule has 26 heavy (non-hydrogen) atoms. The maximum atomic E-state index is 13.0. The van der Waals surface area contributed by atoms with Gasteiger partial charge in [0, 0.05) is 13.1 Å². The molecule has 1 aromatic rings. The highest BCUT2D eigenvalue weighted by Gasteiger charge is 2.27. The first-order valence-electron chi connectivity index (χ1n) is 9.34. The molecule has 0 saturated carbocycles. The number of benzene rings is 1. The fourth-order valence-electron chi connectivity index (χ4n) is 3.42. The van der Waals surface area contributed by atoms with Crippen LogP contribution in [0.1, 0.15) is 44.0 Å². The van der Waals surface area contributed by atoms with Crippen LogP contribution in [-0.4, -0.2) is 42.5 Å². The Morgan fingerprint density at radius 3 is 2.62 bits per heavy atom. The summed E-state index contributed by atoms with van der Waals surface area (Å²) in [6.45, 7) is 11.6. The number of carbonyl (C=O) groups is 2. The second-order valence-corrected chi connectivity index (χ2v) is 7.28. The summed E-state index contributed by atoms with van der Waals surface area (Å²) in [6.07, 6.45) is 2.99. The Morgan fingerprint density at radius 1 is 1.31 bits per heavy atom. The van der Waals surface area contributed by atoms with Crippen molar-refractivity contribution in [1.29, 1.82) is 0 Å². The average molecular weight is 358 g/mol. The van der Waals surface area contributed by atoms with E-state index >= 15 is 0 Å². The van der Waals surface area contributed by atoms with Crippen LogP contribution in [0.25, 0.3) is 0 Å². The normalized spacial score (nSPS) is 21.1. The van der Waals surface area contributed by atoms with E-state index in [2.05, 4.69) is 25.7 Å². The van der Waals surface area contributed by atoms with Crippen LogP contribution in [0.3, 0.4) is 0 Å². The first-order valence-corrected chi connectivity index (χ1v) is 9.34. The molecule has 1 aliphatic heterocycles. The van der Waals surface area contributed by atoms with Gasteiger partial charge in [-0.2, -0.15) is 0 Å². The molecule has 1 heterocycles. The van der Waals surface area contributed by atoms with Gasteiger partial charge in [-0.3, -0.25) is 9.59 Å². The van der Waals surface area contributed by atoms with Gasteiger partial charge in [-0.25, -0.2) is 0 Å². The van der Waals surface area contributed by atoms with E-state index in [0.717, 1.165) is 19.5 Å². The summed E-state index contributed by atoms with van der Waals surface area (Å²) in [5.41, 5.74) is 1.06. The number of likely N-dealkylation sites (tertiary alicyclic amines) is 1. The third-order valence-corrected chi connectivity index (χ3v) is 4.63. The van der Waals surface area contributed by atoms with Crippen LogP contribution < -0.4 is 5.32 Å². The van der Waals surface area contributed by atoms with Gasteiger partial charge < -0.3 is 15.0 Å². The fraction of sp³-hybridized carbons (Fsp3) is 0.524. The van der Waals surface area contributed by atoms with Crippen LogP contribution in [0.15, 0.2) is 36.9 Å². The molecule has 5 nitrogen and oxygen atoms in total. The third-order valence-electron chi connectivity index (χ3n) is 4.63. The summed E-state index contributed by atoms with van der Waals surface area (Å²) in [5, 5.41) is 2.84. The maximum Gasteiger partial charge on any atom is 0.255 e. The lowest BCUT2D eigenvalue weighted by Crippen LogP contribution is -2.43. The average Bonchev–Trinajstić information content (AvgIpc) is 2.60. The standard InChI is InChI=1S/C21H30N2O3/c1-5-6-11-26-17(4)20(24)22-19-10-8-7-9-18(19)21(25)23-13-15(2)12-16(3)14-23/h5,7-10,15-17H,1,6,11-14H2,2-4H3,(H,22,24). The van der Waals surface area contributed by atoms with E-state index in [1.54, 1.807) is 25.1 Å². The minimum atomic E-state index is -0.590. The van der Waals surface area contributed by atoms with Gasteiger partial charge in [-0.05, 0) is 43.7 Å². The first-order chi connectivity index (χ1) is 12.4. The second kappa shape index (κ2) is 9.53. The van der Waals surface area contributed by atoms with E-state index < -0.39 is 6.10 Å². The number of piperidine rings is 1. The predicted octanol–water partition coefficient (Wildman–Crippen LogP) is 3.72. The molecule has 2 rings (SSSR count). The summed E-state index contributed by atoms with van der Waals surface area (Å²) >= 11 is 0. The fourth-order valence-corrected chi connectivity index (χ4v) is 3.42. The monoisotopic (exact) mass is 358 g/mol. The molecule has 0 radical (unpaired) electrons. The highest BCUT2D eigenvalue weighted by molar-refractivity contribution is 6.04. The summed E-state index contributed by atoms with van der Waals surface area (Å²) in [4.78, 5) is 27.3. The van der Waals surface area contributed by atoms with Gasteiger partial charge in [0.15, 0.2) is 0 Å². The van der Waals surface area contributed by atoms with Gasteiger partial charge in [0.25, 0.3) is 11.8 Å². The van der Waals surface area contributed by atoms with Crippen molar-refractivity contribution < 1.29 is 14.3 Å². The minimum absolute atomic E-state index is 0.0282. The zero-order chi connectivity index (χ0) is 19.1. The highest BCUT2D eigenvalue weighted by Crippen LogP contribution is 2.25. The Kier molecular flexibility index (Phi) is 7.39. The number of amides is 2. The van der Waals surface area contributed by atoms with Crippen LogP contribution in [0.5, 0.6) is 0 Å². The van der Waals surface area contributed by atoms with E-state index in [-0.39, 0.29) is 11.8 Å². The van der Waals surface area contributed by atoms with Gasteiger partial charge in [-0.15, -0.1) is 6.58 Å². The maximum absolute atomic E-state index is 13.0. The van der Waals surface area contributed by atoms with Gasteiger partial charge in [0.1, 0.15) is 6.10 Å². The Labute approximate surface area is 156 Å².